The Bertz CT molecular complexity index is 2630. The van der Waals surface area contributed by atoms with E-state index in [1.165, 1.54) is 63.0 Å². The zero-order valence-corrected chi connectivity index (χ0v) is 46.4. The van der Waals surface area contributed by atoms with Crippen molar-refractivity contribution in [1.82, 2.24) is 39.0 Å². The molecule has 3 aliphatic heterocycles. The van der Waals surface area contributed by atoms with E-state index in [1.54, 1.807) is 23.2 Å². The van der Waals surface area contributed by atoms with Crippen molar-refractivity contribution in [3.63, 3.8) is 0 Å². The number of hydrogen-bond donors (Lipinski definition) is 1. The number of carbonyl (C=O) groups is 1. The molecule has 1 amide bonds. The molecule has 0 aliphatic carbocycles. The lowest BCUT2D eigenvalue weighted by molar-refractivity contribution is -0.134. The third-order valence-electron chi connectivity index (χ3n) is 15.8. The van der Waals surface area contributed by atoms with Gasteiger partial charge in [0.25, 0.3) is 0 Å². The molecule has 1 N–H and O–H groups in total. The van der Waals surface area contributed by atoms with Gasteiger partial charge in [0.15, 0.2) is 0 Å². The molecule has 10 heteroatoms. The SMILES string of the molecule is C=CNN1CCCN(SC(=C)C(C(C)C)N2CCC(CCN(C)C(=C)C#CC3CCCCN3C)C2=C)Cc2cccc(c2)-c2ccc3c(c2)c(c(-c2cccnc2C(C)CC)n3CC)CC(C)(C)CCC1=O. The minimum absolute atomic E-state index is 0.0860. The Morgan fingerprint density at radius 3 is 2.53 bits per heavy atom. The van der Waals surface area contributed by atoms with E-state index < -0.39 is 0 Å². The maximum absolute atomic E-state index is 14.2. The van der Waals surface area contributed by atoms with E-state index >= 15 is 0 Å². The molecule has 2 aromatic carbocycles. The third kappa shape index (κ3) is 12.9. The van der Waals surface area contributed by atoms with Gasteiger partial charge in [0, 0.05) is 98.1 Å². The second kappa shape index (κ2) is 24.7. The van der Waals surface area contributed by atoms with Crippen LogP contribution in [-0.2, 0) is 24.3 Å². The first-order valence-corrected chi connectivity index (χ1v) is 27.9. The van der Waals surface area contributed by atoms with Gasteiger partial charge in [-0.1, -0.05) is 98.0 Å². The maximum atomic E-state index is 14.2. The predicted molar refractivity (Wildman–Crippen MR) is 306 cm³/mol. The Balaban J connectivity index is 1.16. The molecular weight excluding hydrogens is 905 g/mol. The van der Waals surface area contributed by atoms with E-state index in [0.717, 1.165) is 101 Å². The van der Waals surface area contributed by atoms with Crippen LogP contribution in [0.4, 0.5) is 0 Å². The third-order valence-corrected chi connectivity index (χ3v) is 16.9. The monoisotopic (exact) mass is 991 g/mol. The first-order chi connectivity index (χ1) is 34.5. The Labute approximate surface area is 439 Å². The van der Waals surface area contributed by atoms with Gasteiger partial charge in [-0.25, -0.2) is 4.31 Å². The van der Waals surface area contributed by atoms with Crippen molar-refractivity contribution < 1.29 is 4.79 Å². The molecule has 4 aromatic rings. The van der Waals surface area contributed by atoms with E-state index in [-0.39, 0.29) is 17.4 Å². The van der Waals surface area contributed by atoms with Crippen LogP contribution in [0.3, 0.4) is 0 Å². The number of aromatic nitrogens is 2. The van der Waals surface area contributed by atoms with Crippen molar-refractivity contribution in [2.75, 3.05) is 46.8 Å². The highest BCUT2D eigenvalue weighted by molar-refractivity contribution is 8.00. The van der Waals surface area contributed by atoms with Crippen LogP contribution in [0.5, 0.6) is 0 Å². The van der Waals surface area contributed by atoms with Crippen LogP contribution in [0.15, 0.2) is 110 Å². The number of hydrogen-bond acceptors (Lipinski definition) is 8. The molecule has 4 bridgehead atoms. The number of aryl methyl sites for hydroxylation is 1. The molecule has 9 nitrogen and oxygen atoms in total. The van der Waals surface area contributed by atoms with Gasteiger partial charge in [0.1, 0.15) is 0 Å². The number of allylic oxidation sites excluding steroid dienone is 2. The molecule has 4 unspecified atom stereocenters. The van der Waals surface area contributed by atoms with Crippen molar-refractivity contribution in [2.45, 2.75) is 144 Å². The lowest BCUT2D eigenvalue weighted by atomic mass is 9.79. The Morgan fingerprint density at radius 1 is 1.00 bits per heavy atom. The second-order valence-electron chi connectivity index (χ2n) is 22.0. The summed E-state index contributed by atoms with van der Waals surface area (Å²) in [5, 5.41) is 3.05. The molecule has 0 radical (unpaired) electrons. The topological polar surface area (TPSA) is 63.1 Å². The van der Waals surface area contributed by atoms with Gasteiger partial charge in [-0.05, 0) is 166 Å². The van der Waals surface area contributed by atoms with Gasteiger partial charge < -0.3 is 19.8 Å². The zero-order valence-electron chi connectivity index (χ0n) is 45.5. The van der Waals surface area contributed by atoms with Crippen LogP contribution in [0.1, 0.15) is 129 Å². The maximum Gasteiger partial charge on any atom is 0.240 e. The van der Waals surface area contributed by atoms with Crippen LogP contribution in [0.25, 0.3) is 33.3 Å². The predicted octanol–water partition coefficient (Wildman–Crippen LogP) is 13.3. The van der Waals surface area contributed by atoms with Crippen molar-refractivity contribution >= 4 is 28.8 Å². The molecule has 2 saturated heterocycles. The molecule has 4 atom stereocenters. The summed E-state index contributed by atoms with van der Waals surface area (Å²) in [5.41, 5.74) is 15.0. The van der Waals surface area contributed by atoms with E-state index in [2.05, 4.69) is 171 Å². The van der Waals surface area contributed by atoms with Crippen LogP contribution in [0.2, 0.25) is 0 Å². The standard InChI is InChI=1S/C62H86N8OS/c1-14-45(6)59-54(25-20-34-63-59)61-56-42-62(10,11)33-30-58(71)70(64-15-2)37-21-36-67(43-49-22-19-23-51(40-49)52-27-29-57(55(56)41-52)68(61)16-3)72-48(9)60(44(4)5)69-39-32-50(47(69)8)31-38-65(12)46(7)26-28-53-24-17-18-35-66(53)13/h15,19-20,22-23,25,27,29,34,40-41,44-45,50,53,60,64H,2,7-9,14,16-18,21,24,30-33,35-39,42-43H2,1,3-6,10-13H3. The van der Waals surface area contributed by atoms with Gasteiger partial charge in [-0.3, -0.25) is 19.7 Å². The summed E-state index contributed by atoms with van der Waals surface area (Å²) in [6.07, 6.45) is 13.1. The van der Waals surface area contributed by atoms with Crippen LogP contribution < -0.4 is 5.43 Å². The first kappa shape index (κ1) is 54.6. The molecule has 0 saturated carbocycles. The highest BCUT2D eigenvalue weighted by atomic mass is 32.2. The second-order valence-corrected chi connectivity index (χ2v) is 23.2. The number of hydrazine groups is 1. The van der Waals surface area contributed by atoms with E-state index in [9.17, 15) is 4.79 Å². The number of nitrogens with one attached hydrogen (secondary N) is 1. The van der Waals surface area contributed by atoms with Gasteiger partial charge in [-0.15, -0.1) is 0 Å². The summed E-state index contributed by atoms with van der Waals surface area (Å²) in [7, 11) is 4.31. The smallest absolute Gasteiger partial charge is 0.240 e. The first-order valence-electron chi connectivity index (χ1n) is 27.1. The number of rotatable bonds is 15. The molecule has 72 heavy (non-hydrogen) atoms. The highest BCUT2D eigenvalue weighted by Crippen LogP contribution is 2.44. The van der Waals surface area contributed by atoms with Crippen molar-refractivity contribution in [1.29, 1.82) is 0 Å². The molecular formula is C62H86N8OS. The number of likely N-dealkylation sites (tertiary alicyclic amines) is 2. The molecule has 7 rings (SSSR count). The summed E-state index contributed by atoms with van der Waals surface area (Å²) in [5.74, 6) is 8.02. The van der Waals surface area contributed by atoms with E-state index in [0.29, 0.717) is 36.8 Å². The van der Waals surface area contributed by atoms with Crippen LogP contribution >= 0.6 is 11.9 Å². The number of amides is 1. The van der Waals surface area contributed by atoms with E-state index in [4.69, 9.17) is 18.1 Å². The van der Waals surface area contributed by atoms with Gasteiger partial charge in [0.2, 0.25) is 5.91 Å². The summed E-state index contributed by atoms with van der Waals surface area (Å²) in [6, 6.07) is 21.0. The average molecular weight is 991 g/mol. The van der Waals surface area contributed by atoms with Gasteiger partial charge >= 0.3 is 0 Å². The molecule has 3 aliphatic rings. The van der Waals surface area contributed by atoms with Crippen molar-refractivity contribution in [2.24, 2.45) is 17.3 Å². The molecule has 0 spiro atoms. The minimum Gasteiger partial charge on any atom is -0.368 e. The largest absolute Gasteiger partial charge is 0.368 e. The number of benzene rings is 2. The number of fused-ring (bicyclic) bond motifs is 4. The molecule has 386 valence electrons. The Hall–Kier alpha value is -5.21. The normalized spacial score (nSPS) is 20.2. The lowest BCUT2D eigenvalue weighted by Crippen LogP contribution is -2.41. The van der Waals surface area contributed by atoms with Crippen LogP contribution in [0, 0.1) is 29.1 Å². The fourth-order valence-electron chi connectivity index (χ4n) is 11.4. The summed E-state index contributed by atoms with van der Waals surface area (Å²) >= 11 is 1.78. The Morgan fingerprint density at radius 2 is 1.79 bits per heavy atom. The molecule has 2 aromatic heterocycles. The summed E-state index contributed by atoms with van der Waals surface area (Å²) in [4.78, 5) is 27.5. The lowest BCUT2D eigenvalue weighted by Gasteiger charge is -2.37. The number of pyridine rings is 1. The fourth-order valence-corrected chi connectivity index (χ4v) is 12.6. The fraction of sp³-hybridized carbons (Fsp3) is 0.516. The number of carbonyl (C=O) groups excluding carboxylic acids is 1. The van der Waals surface area contributed by atoms with E-state index in [1.807, 2.05) is 6.20 Å². The zero-order chi connectivity index (χ0) is 51.7. The average Bonchev–Trinajstić information content (AvgIpc) is 3.88. The molecule has 2 fully saturated rings. The minimum atomic E-state index is -0.176. The number of piperidine rings is 1. The Kier molecular flexibility index (Phi) is 18.7. The number of nitrogens with zero attached hydrogens (tertiary/aromatic N) is 7. The molecule has 5 heterocycles. The van der Waals surface area contributed by atoms with Crippen molar-refractivity contribution in [3.05, 3.63) is 126 Å². The van der Waals surface area contributed by atoms with Gasteiger partial charge in [0.05, 0.1) is 29.2 Å². The summed E-state index contributed by atoms with van der Waals surface area (Å²) in [6.45, 7) is 39.8. The van der Waals surface area contributed by atoms with Crippen molar-refractivity contribution in [3.8, 4) is 34.2 Å². The van der Waals surface area contributed by atoms with Gasteiger partial charge in [-0.2, -0.15) is 0 Å². The highest BCUT2D eigenvalue weighted by Gasteiger charge is 2.35. The summed E-state index contributed by atoms with van der Waals surface area (Å²) < 4.78 is 4.96. The van der Waals surface area contributed by atoms with Crippen LogP contribution in [-0.4, -0.2) is 98.4 Å². The quantitative estimate of drug-likeness (QED) is 0.0934.